The number of pyridine rings is 1. The quantitative estimate of drug-likeness (QED) is 0.762. The summed E-state index contributed by atoms with van der Waals surface area (Å²) in [6.07, 6.45) is 2.76. The Morgan fingerprint density at radius 1 is 1.12 bits per heavy atom. The van der Waals surface area contributed by atoms with Gasteiger partial charge in [-0.2, -0.15) is 4.37 Å². The smallest absolute Gasteiger partial charge is 0.258 e. The number of aryl methyl sites for hydroxylation is 3. The summed E-state index contributed by atoms with van der Waals surface area (Å²) in [5.74, 6) is -0.578. The van der Waals surface area contributed by atoms with Crippen LogP contribution in [0.3, 0.4) is 0 Å². The predicted molar refractivity (Wildman–Crippen MR) is 93.9 cm³/mol. The summed E-state index contributed by atoms with van der Waals surface area (Å²) in [4.78, 5) is 17.3. The minimum Gasteiger partial charge on any atom is -0.322 e. The molecule has 0 spiro atoms. The van der Waals surface area contributed by atoms with Crippen LogP contribution in [0.2, 0.25) is 0 Å². The fourth-order valence-electron chi connectivity index (χ4n) is 2.50. The van der Waals surface area contributed by atoms with Crippen LogP contribution in [0.4, 0.5) is 10.1 Å². The monoisotopic (exact) mass is 341 g/mol. The van der Waals surface area contributed by atoms with Gasteiger partial charge in [0.15, 0.2) is 0 Å². The minimum absolute atomic E-state index is 0.184. The Labute approximate surface area is 143 Å². The second-order valence-corrected chi connectivity index (χ2v) is 6.55. The van der Waals surface area contributed by atoms with Crippen LogP contribution in [-0.2, 0) is 0 Å². The number of hydrogen-bond donors (Lipinski definition) is 1. The van der Waals surface area contributed by atoms with E-state index in [0.717, 1.165) is 27.9 Å². The van der Waals surface area contributed by atoms with Crippen molar-refractivity contribution in [3.63, 3.8) is 0 Å². The van der Waals surface area contributed by atoms with Gasteiger partial charge in [-0.1, -0.05) is 12.1 Å². The Morgan fingerprint density at radius 3 is 2.58 bits per heavy atom. The lowest BCUT2D eigenvalue weighted by atomic mass is 10.0. The van der Waals surface area contributed by atoms with Gasteiger partial charge in [0, 0.05) is 22.3 Å². The highest BCUT2D eigenvalue weighted by Crippen LogP contribution is 2.26. The van der Waals surface area contributed by atoms with Gasteiger partial charge in [0.25, 0.3) is 5.91 Å². The SMILES string of the molecule is Cc1ccc(-c2cncc(F)c2)cc1NC(=O)c1c(C)nsc1C. The van der Waals surface area contributed by atoms with Gasteiger partial charge in [-0.05, 0) is 55.6 Å². The molecule has 3 rings (SSSR count). The van der Waals surface area contributed by atoms with Crippen molar-refractivity contribution in [2.75, 3.05) is 5.32 Å². The number of anilines is 1. The molecule has 0 aliphatic rings. The average molecular weight is 341 g/mol. The molecule has 3 aromatic rings. The van der Waals surface area contributed by atoms with Crippen LogP contribution in [0, 0.1) is 26.6 Å². The predicted octanol–water partition coefficient (Wildman–Crippen LogP) is 4.52. The van der Waals surface area contributed by atoms with Gasteiger partial charge in [-0.15, -0.1) is 0 Å². The Balaban J connectivity index is 1.94. The van der Waals surface area contributed by atoms with E-state index < -0.39 is 5.82 Å². The lowest BCUT2D eigenvalue weighted by Gasteiger charge is -2.11. The van der Waals surface area contributed by atoms with E-state index in [1.165, 1.54) is 17.6 Å². The van der Waals surface area contributed by atoms with Crippen molar-refractivity contribution in [3.8, 4) is 11.1 Å². The van der Waals surface area contributed by atoms with Gasteiger partial charge >= 0.3 is 0 Å². The molecule has 6 heteroatoms. The zero-order valence-electron chi connectivity index (χ0n) is 13.6. The Kier molecular flexibility index (Phi) is 4.40. The molecule has 2 heterocycles. The fourth-order valence-corrected chi connectivity index (χ4v) is 3.19. The topological polar surface area (TPSA) is 54.9 Å². The van der Waals surface area contributed by atoms with E-state index in [9.17, 15) is 9.18 Å². The van der Waals surface area contributed by atoms with Crippen molar-refractivity contribution in [1.82, 2.24) is 9.36 Å². The third-order valence-corrected chi connectivity index (χ3v) is 4.63. The van der Waals surface area contributed by atoms with E-state index in [1.807, 2.05) is 39.0 Å². The normalized spacial score (nSPS) is 10.7. The summed E-state index contributed by atoms with van der Waals surface area (Å²) < 4.78 is 17.6. The number of aromatic nitrogens is 2. The Bertz CT molecular complexity index is 901. The van der Waals surface area contributed by atoms with E-state index in [1.54, 1.807) is 6.20 Å². The number of hydrogen-bond acceptors (Lipinski definition) is 4. The van der Waals surface area contributed by atoms with E-state index >= 15 is 0 Å². The van der Waals surface area contributed by atoms with Gasteiger partial charge in [-0.25, -0.2) is 4.39 Å². The third-order valence-electron chi connectivity index (χ3n) is 3.78. The zero-order chi connectivity index (χ0) is 17.3. The molecule has 0 bridgehead atoms. The van der Waals surface area contributed by atoms with Crippen molar-refractivity contribution < 1.29 is 9.18 Å². The van der Waals surface area contributed by atoms with Crippen molar-refractivity contribution in [3.05, 3.63) is 64.2 Å². The summed E-state index contributed by atoms with van der Waals surface area (Å²) in [5, 5.41) is 2.93. The van der Waals surface area contributed by atoms with Crippen molar-refractivity contribution in [1.29, 1.82) is 0 Å². The van der Waals surface area contributed by atoms with Gasteiger partial charge in [0.1, 0.15) is 5.82 Å². The van der Waals surface area contributed by atoms with Gasteiger partial charge in [0.05, 0.1) is 17.5 Å². The van der Waals surface area contributed by atoms with E-state index in [0.29, 0.717) is 16.8 Å². The molecule has 0 aliphatic carbocycles. The summed E-state index contributed by atoms with van der Waals surface area (Å²) in [6, 6.07) is 7.01. The molecular formula is C18H16FN3OS. The van der Waals surface area contributed by atoms with Gasteiger partial charge in [-0.3, -0.25) is 9.78 Å². The van der Waals surface area contributed by atoms with Crippen LogP contribution in [0.1, 0.15) is 26.5 Å². The van der Waals surface area contributed by atoms with E-state index in [-0.39, 0.29) is 5.91 Å². The fraction of sp³-hybridized carbons (Fsp3) is 0.167. The maximum absolute atomic E-state index is 13.4. The lowest BCUT2D eigenvalue weighted by Crippen LogP contribution is -2.14. The number of rotatable bonds is 3. The molecule has 24 heavy (non-hydrogen) atoms. The molecule has 0 radical (unpaired) electrons. The molecule has 122 valence electrons. The van der Waals surface area contributed by atoms with Crippen molar-refractivity contribution in [2.45, 2.75) is 20.8 Å². The number of carbonyl (C=O) groups excluding carboxylic acids is 1. The summed E-state index contributed by atoms with van der Waals surface area (Å²) >= 11 is 1.31. The molecule has 0 atom stereocenters. The zero-order valence-corrected chi connectivity index (χ0v) is 14.4. The molecule has 0 aliphatic heterocycles. The summed E-state index contributed by atoms with van der Waals surface area (Å²) in [6.45, 7) is 5.61. The molecule has 2 aromatic heterocycles. The maximum Gasteiger partial charge on any atom is 0.258 e. The highest BCUT2D eigenvalue weighted by atomic mass is 32.1. The molecular weight excluding hydrogens is 325 g/mol. The molecule has 4 nitrogen and oxygen atoms in total. The van der Waals surface area contributed by atoms with E-state index in [2.05, 4.69) is 14.7 Å². The van der Waals surface area contributed by atoms with Gasteiger partial charge < -0.3 is 5.32 Å². The van der Waals surface area contributed by atoms with Gasteiger partial charge in [0.2, 0.25) is 0 Å². The first-order valence-electron chi connectivity index (χ1n) is 7.41. The number of nitrogens with zero attached hydrogens (tertiary/aromatic N) is 2. The Morgan fingerprint density at radius 2 is 1.92 bits per heavy atom. The third kappa shape index (κ3) is 3.19. The first-order valence-corrected chi connectivity index (χ1v) is 8.19. The minimum atomic E-state index is -0.394. The van der Waals surface area contributed by atoms with Crippen molar-refractivity contribution >= 4 is 23.1 Å². The molecule has 0 saturated carbocycles. The second kappa shape index (κ2) is 6.49. The van der Waals surface area contributed by atoms with Crippen LogP contribution >= 0.6 is 11.5 Å². The van der Waals surface area contributed by atoms with Crippen LogP contribution in [-0.4, -0.2) is 15.3 Å². The first-order chi connectivity index (χ1) is 11.5. The average Bonchev–Trinajstić information content (AvgIpc) is 2.88. The number of carbonyl (C=O) groups is 1. The molecule has 0 unspecified atom stereocenters. The van der Waals surface area contributed by atoms with E-state index in [4.69, 9.17) is 0 Å². The Hall–Kier alpha value is -2.60. The van der Waals surface area contributed by atoms with Crippen LogP contribution < -0.4 is 5.32 Å². The molecule has 0 fully saturated rings. The lowest BCUT2D eigenvalue weighted by molar-refractivity contribution is 0.102. The maximum atomic E-state index is 13.4. The largest absolute Gasteiger partial charge is 0.322 e. The number of halogens is 1. The van der Waals surface area contributed by atoms with Crippen LogP contribution in [0.25, 0.3) is 11.1 Å². The van der Waals surface area contributed by atoms with Crippen molar-refractivity contribution in [2.24, 2.45) is 0 Å². The number of amides is 1. The number of benzene rings is 1. The van der Waals surface area contributed by atoms with Crippen LogP contribution in [0.15, 0.2) is 36.7 Å². The summed E-state index contributed by atoms with van der Waals surface area (Å²) in [5.41, 5.74) is 4.40. The molecule has 1 aromatic carbocycles. The van der Waals surface area contributed by atoms with Crippen LogP contribution in [0.5, 0.6) is 0 Å². The second-order valence-electron chi connectivity index (χ2n) is 5.57. The number of nitrogens with one attached hydrogen (secondary N) is 1. The standard InChI is InChI=1S/C18H16FN3OS/c1-10-4-5-13(14-6-15(19)9-20-8-14)7-16(10)21-18(23)17-11(2)22-24-12(17)3/h4-9H,1-3H3,(H,21,23). The molecule has 1 amide bonds. The highest BCUT2D eigenvalue weighted by Gasteiger charge is 2.16. The first kappa shape index (κ1) is 16.3. The summed E-state index contributed by atoms with van der Waals surface area (Å²) in [7, 11) is 0. The molecule has 1 N–H and O–H groups in total. The highest BCUT2D eigenvalue weighted by molar-refractivity contribution is 7.06. The molecule has 0 saturated heterocycles.